The van der Waals surface area contributed by atoms with Gasteiger partial charge in [-0.2, -0.15) is 0 Å². The average Bonchev–Trinajstić information content (AvgIpc) is 2.46. The Morgan fingerprint density at radius 2 is 1.86 bits per heavy atom. The van der Waals surface area contributed by atoms with Crippen LogP contribution >= 0.6 is 0 Å². The third-order valence-electron chi connectivity index (χ3n) is 3.14. The number of nitrogens with one attached hydrogen (secondary N) is 1. The molecule has 0 atom stereocenters. The quantitative estimate of drug-likeness (QED) is 0.704. The number of ether oxygens (including phenoxy) is 2. The van der Waals surface area contributed by atoms with Gasteiger partial charge in [0.1, 0.15) is 12.4 Å². The third-order valence-corrected chi connectivity index (χ3v) is 3.14. The minimum atomic E-state index is -1.03. The van der Waals surface area contributed by atoms with Crippen molar-refractivity contribution in [1.29, 1.82) is 0 Å². The van der Waals surface area contributed by atoms with Gasteiger partial charge in [-0.05, 0) is 31.5 Å². The molecule has 1 rings (SSSR count). The van der Waals surface area contributed by atoms with E-state index in [4.69, 9.17) is 14.6 Å². The van der Waals surface area contributed by atoms with Crippen LogP contribution in [0.4, 0.5) is 0 Å². The highest BCUT2D eigenvalue weighted by Crippen LogP contribution is 2.25. The first-order valence-electron chi connectivity index (χ1n) is 6.60. The van der Waals surface area contributed by atoms with Crippen LogP contribution in [0.3, 0.4) is 0 Å². The van der Waals surface area contributed by atoms with Crippen LogP contribution in [0.1, 0.15) is 19.4 Å². The zero-order valence-corrected chi connectivity index (χ0v) is 12.5. The van der Waals surface area contributed by atoms with Gasteiger partial charge in [-0.1, -0.05) is 12.1 Å². The fourth-order valence-electron chi connectivity index (χ4n) is 1.76. The summed E-state index contributed by atoms with van der Waals surface area (Å²) in [5.41, 5.74) is 0.172. The summed E-state index contributed by atoms with van der Waals surface area (Å²) in [6.45, 7) is 3.71. The Morgan fingerprint density at radius 1 is 1.24 bits per heavy atom. The van der Waals surface area contributed by atoms with Gasteiger partial charge in [0.2, 0.25) is 5.91 Å². The highest BCUT2D eigenvalue weighted by Gasteiger charge is 2.29. The number of carboxylic acids is 1. The summed E-state index contributed by atoms with van der Waals surface area (Å²) >= 11 is 0. The van der Waals surface area contributed by atoms with Crippen molar-refractivity contribution in [2.75, 3.05) is 26.9 Å². The van der Waals surface area contributed by atoms with Gasteiger partial charge in [-0.25, -0.2) is 4.79 Å². The summed E-state index contributed by atoms with van der Waals surface area (Å²) in [5, 5.41) is 11.2. The Morgan fingerprint density at radius 3 is 2.38 bits per heavy atom. The molecule has 0 heterocycles. The second kappa shape index (κ2) is 7.64. The van der Waals surface area contributed by atoms with Gasteiger partial charge in [0.05, 0.1) is 19.1 Å². The van der Waals surface area contributed by atoms with E-state index in [1.165, 1.54) is 0 Å². The normalized spacial score (nSPS) is 11.0. The second-order valence-corrected chi connectivity index (χ2v) is 5.06. The summed E-state index contributed by atoms with van der Waals surface area (Å²) in [4.78, 5) is 22.5. The smallest absolute Gasteiger partial charge is 0.329 e. The number of hydrogen-bond donors (Lipinski definition) is 2. The monoisotopic (exact) mass is 295 g/mol. The lowest BCUT2D eigenvalue weighted by Crippen LogP contribution is -2.41. The maximum atomic E-state index is 12.2. The maximum Gasteiger partial charge on any atom is 0.329 e. The van der Waals surface area contributed by atoms with Gasteiger partial charge in [0.25, 0.3) is 0 Å². The fraction of sp³-hybridized carbons (Fsp3) is 0.467. The molecule has 1 aromatic rings. The molecule has 6 nitrogen and oxygen atoms in total. The lowest BCUT2D eigenvalue weighted by atomic mass is 9.83. The largest absolute Gasteiger partial charge is 0.497 e. The number of carbonyl (C=O) groups is 2. The number of carbonyl (C=O) groups excluding carboxylic acids is 1. The molecule has 0 aliphatic heterocycles. The number of rotatable bonds is 8. The molecular weight excluding hydrogens is 274 g/mol. The summed E-state index contributed by atoms with van der Waals surface area (Å²) in [5.74, 6) is -0.441. The summed E-state index contributed by atoms with van der Waals surface area (Å²) < 4.78 is 9.95. The van der Waals surface area contributed by atoms with Gasteiger partial charge in [0, 0.05) is 6.54 Å². The zero-order valence-electron chi connectivity index (χ0n) is 12.5. The SMILES string of the molecule is COc1ccc(C(C)(C)C(=O)NCCOCC(=O)O)cc1. The Kier molecular flexibility index (Phi) is 6.17. The predicted molar refractivity (Wildman–Crippen MR) is 77.5 cm³/mol. The van der Waals surface area contributed by atoms with Crippen LogP contribution in [0, 0.1) is 0 Å². The molecular formula is C15H21NO5. The van der Waals surface area contributed by atoms with E-state index >= 15 is 0 Å². The maximum absolute atomic E-state index is 12.2. The van der Waals surface area contributed by atoms with E-state index in [9.17, 15) is 9.59 Å². The van der Waals surface area contributed by atoms with Crippen LogP contribution in [0.2, 0.25) is 0 Å². The van der Waals surface area contributed by atoms with Crippen molar-refractivity contribution in [1.82, 2.24) is 5.32 Å². The lowest BCUT2D eigenvalue weighted by molar-refractivity contribution is -0.142. The number of benzene rings is 1. The lowest BCUT2D eigenvalue weighted by Gasteiger charge is -2.24. The summed E-state index contributed by atoms with van der Waals surface area (Å²) in [6, 6.07) is 7.30. The Balaban J connectivity index is 2.52. The number of amides is 1. The molecule has 0 spiro atoms. The third kappa shape index (κ3) is 5.07. The van der Waals surface area contributed by atoms with E-state index in [-0.39, 0.29) is 25.7 Å². The molecule has 0 saturated heterocycles. The van der Waals surface area contributed by atoms with E-state index in [0.717, 1.165) is 11.3 Å². The molecule has 0 aromatic heterocycles. The van der Waals surface area contributed by atoms with Crippen molar-refractivity contribution in [3.8, 4) is 5.75 Å². The van der Waals surface area contributed by atoms with E-state index in [1.807, 2.05) is 26.0 Å². The Labute approximate surface area is 124 Å². The van der Waals surface area contributed by atoms with Gasteiger partial charge in [0.15, 0.2) is 0 Å². The first-order chi connectivity index (χ1) is 9.87. The summed E-state index contributed by atoms with van der Waals surface area (Å²) in [6.07, 6.45) is 0. The van der Waals surface area contributed by atoms with Crippen molar-refractivity contribution >= 4 is 11.9 Å². The molecule has 0 aliphatic rings. The van der Waals surface area contributed by atoms with Crippen LogP contribution in [-0.4, -0.2) is 43.9 Å². The topological polar surface area (TPSA) is 84.9 Å². The molecule has 116 valence electrons. The van der Waals surface area contributed by atoms with Gasteiger partial charge in [-0.3, -0.25) is 4.79 Å². The van der Waals surface area contributed by atoms with Gasteiger partial charge in [-0.15, -0.1) is 0 Å². The molecule has 6 heteroatoms. The van der Waals surface area contributed by atoms with E-state index in [2.05, 4.69) is 5.32 Å². The van der Waals surface area contributed by atoms with E-state index < -0.39 is 11.4 Å². The first kappa shape index (κ1) is 17.0. The van der Waals surface area contributed by atoms with E-state index in [1.54, 1.807) is 19.2 Å². The molecule has 0 bridgehead atoms. The molecule has 21 heavy (non-hydrogen) atoms. The second-order valence-electron chi connectivity index (χ2n) is 5.06. The molecule has 0 radical (unpaired) electrons. The van der Waals surface area contributed by atoms with Crippen LogP contribution in [0.5, 0.6) is 5.75 Å². The standard InChI is InChI=1S/C15H21NO5/c1-15(2,11-4-6-12(20-3)7-5-11)14(19)16-8-9-21-10-13(17)18/h4-7H,8-10H2,1-3H3,(H,16,19)(H,17,18). The minimum Gasteiger partial charge on any atom is -0.497 e. The summed E-state index contributed by atoms with van der Waals surface area (Å²) in [7, 11) is 1.59. The molecule has 0 fully saturated rings. The zero-order chi connectivity index (χ0) is 15.9. The van der Waals surface area contributed by atoms with Crippen LogP contribution in [-0.2, 0) is 19.7 Å². The van der Waals surface area contributed by atoms with Crippen molar-refractivity contribution in [3.05, 3.63) is 29.8 Å². The van der Waals surface area contributed by atoms with Crippen LogP contribution < -0.4 is 10.1 Å². The number of hydrogen-bond acceptors (Lipinski definition) is 4. The highest BCUT2D eigenvalue weighted by atomic mass is 16.5. The fourth-order valence-corrected chi connectivity index (χ4v) is 1.76. The Hall–Kier alpha value is -2.08. The molecule has 1 amide bonds. The average molecular weight is 295 g/mol. The van der Waals surface area contributed by atoms with E-state index in [0.29, 0.717) is 0 Å². The number of methoxy groups -OCH3 is 1. The first-order valence-corrected chi connectivity index (χ1v) is 6.60. The molecule has 0 saturated carbocycles. The van der Waals surface area contributed by atoms with Crippen LogP contribution in [0.15, 0.2) is 24.3 Å². The molecule has 0 aliphatic carbocycles. The molecule has 1 aromatic carbocycles. The number of aliphatic carboxylic acids is 1. The minimum absolute atomic E-state index is 0.147. The van der Waals surface area contributed by atoms with Crippen LogP contribution in [0.25, 0.3) is 0 Å². The highest BCUT2D eigenvalue weighted by molar-refractivity contribution is 5.87. The Bertz CT molecular complexity index is 481. The number of carboxylic acid groups (broad SMARTS) is 1. The molecule has 2 N–H and O–H groups in total. The van der Waals surface area contributed by atoms with Crippen molar-refractivity contribution in [2.45, 2.75) is 19.3 Å². The molecule has 0 unspecified atom stereocenters. The van der Waals surface area contributed by atoms with Crippen molar-refractivity contribution in [3.63, 3.8) is 0 Å². The van der Waals surface area contributed by atoms with Crippen molar-refractivity contribution < 1.29 is 24.2 Å². The van der Waals surface area contributed by atoms with Gasteiger partial charge < -0.3 is 19.9 Å². The van der Waals surface area contributed by atoms with Crippen molar-refractivity contribution in [2.24, 2.45) is 0 Å². The van der Waals surface area contributed by atoms with Gasteiger partial charge >= 0.3 is 5.97 Å². The predicted octanol–water partition coefficient (Wildman–Crippen LogP) is 1.19.